The average molecular weight is 495 g/mol. The lowest BCUT2D eigenvalue weighted by Gasteiger charge is -2.35. The van der Waals surface area contributed by atoms with E-state index in [0.717, 1.165) is 24.2 Å². The summed E-state index contributed by atoms with van der Waals surface area (Å²) >= 11 is 0. The van der Waals surface area contributed by atoms with Gasteiger partial charge in [0.25, 0.3) is 11.8 Å². The lowest BCUT2D eigenvalue weighted by atomic mass is 9.89. The molecular formula is C27H34N4O5. The van der Waals surface area contributed by atoms with Crippen molar-refractivity contribution in [2.24, 2.45) is 0 Å². The van der Waals surface area contributed by atoms with Crippen molar-refractivity contribution in [2.75, 3.05) is 53.5 Å². The third kappa shape index (κ3) is 5.45. The molecule has 4 rings (SSSR count). The summed E-state index contributed by atoms with van der Waals surface area (Å²) in [6, 6.07) is 8.93. The fourth-order valence-corrected chi connectivity index (χ4v) is 4.93. The first-order chi connectivity index (χ1) is 17.3. The van der Waals surface area contributed by atoms with E-state index in [1.54, 1.807) is 44.2 Å². The van der Waals surface area contributed by atoms with Crippen LogP contribution in [0.2, 0.25) is 0 Å². The summed E-state index contributed by atoms with van der Waals surface area (Å²) in [4.78, 5) is 48.5. The SMILES string of the molecule is COc1cc(OC)cc(C(=O)N2CCC(c3nc(C)ccc3C(=O)N3CCN(C(C)=O)CC3)CC2)c1. The highest BCUT2D eigenvalue weighted by Crippen LogP contribution is 2.32. The number of nitrogens with zero attached hydrogens (tertiary/aromatic N) is 4. The van der Waals surface area contributed by atoms with Gasteiger partial charge in [-0.1, -0.05) is 0 Å². The quantitative estimate of drug-likeness (QED) is 0.635. The van der Waals surface area contributed by atoms with Crippen molar-refractivity contribution < 1.29 is 23.9 Å². The van der Waals surface area contributed by atoms with Gasteiger partial charge < -0.3 is 24.2 Å². The highest BCUT2D eigenvalue weighted by Gasteiger charge is 2.31. The average Bonchev–Trinajstić information content (AvgIpc) is 2.92. The highest BCUT2D eigenvalue weighted by molar-refractivity contribution is 5.96. The maximum atomic E-state index is 13.4. The number of pyridine rings is 1. The Bertz CT molecular complexity index is 1110. The number of rotatable bonds is 5. The number of piperazine rings is 1. The number of amides is 3. The second-order valence-corrected chi connectivity index (χ2v) is 9.35. The van der Waals surface area contributed by atoms with Crippen LogP contribution in [0.3, 0.4) is 0 Å². The standard InChI is InChI=1S/C27H34N4O5/c1-18-5-6-24(27(34)31-13-11-29(12-14-31)19(2)32)25(28-18)20-7-9-30(10-8-20)26(33)21-15-22(35-3)17-23(16-21)36-4/h5-6,15-17,20H,7-14H2,1-4H3. The minimum atomic E-state index is -0.0671. The van der Waals surface area contributed by atoms with Gasteiger partial charge in [0.2, 0.25) is 5.91 Å². The van der Waals surface area contributed by atoms with Crippen molar-refractivity contribution in [2.45, 2.75) is 32.6 Å². The van der Waals surface area contributed by atoms with Gasteiger partial charge >= 0.3 is 0 Å². The minimum absolute atomic E-state index is 0.0356. The lowest BCUT2D eigenvalue weighted by molar-refractivity contribution is -0.130. The van der Waals surface area contributed by atoms with Gasteiger partial charge in [-0.05, 0) is 44.0 Å². The van der Waals surface area contributed by atoms with Gasteiger partial charge in [0.15, 0.2) is 0 Å². The first-order valence-electron chi connectivity index (χ1n) is 12.4. The smallest absolute Gasteiger partial charge is 0.255 e. The molecule has 0 unspecified atom stereocenters. The molecule has 0 radical (unpaired) electrons. The number of carbonyl (C=O) groups excluding carboxylic acids is 3. The molecule has 0 atom stereocenters. The largest absolute Gasteiger partial charge is 0.497 e. The normalized spacial score (nSPS) is 16.6. The Morgan fingerprint density at radius 1 is 0.806 bits per heavy atom. The van der Waals surface area contributed by atoms with E-state index in [0.29, 0.717) is 61.9 Å². The number of benzene rings is 1. The molecule has 9 nitrogen and oxygen atoms in total. The Kier molecular flexibility index (Phi) is 7.76. The Balaban J connectivity index is 1.46. The number of ether oxygens (including phenoxy) is 2. The number of aryl methyl sites for hydroxylation is 1. The number of piperidine rings is 1. The predicted molar refractivity (Wildman–Crippen MR) is 135 cm³/mol. The van der Waals surface area contributed by atoms with Gasteiger partial charge in [-0.25, -0.2) is 0 Å². The zero-order chi connectivity index (χ0) is 25.8. The van der Waals surface area contributed by atoms with E-state index in [9.17, 15) is 14.4 Å². The van der Waals surface area contributed by atoms with Crippen LogP contribution in [-0.2, 0) is 4.79 Å². The molecule has 2 aliphatic rings. The van der Waals surface area contributed by atoms with E-state index in [2.05, 4.69) is 0 Å². The van der Waals surface area contributed by atoms with Crippen LogP contribution in [0.5, 0.6) is 11.5 Å². The molecule has 0 aliphatic carbocycles. The summed E-state index contributed by atoms with van der Waals surface area (Å²) in [6.07, 6.45) is 1.45. The second kappa shape index (κ2) is 11.0. The number of methoxy groups -OCH3 is 2. The van der Waals surface area contributed by atoms with Gasteiger partial charge in [-0.3, -0.25) is 19.4 Å². The van der Waals surface area contributed by atoms with Crippen molar-refractivity contribution in [1.29, 1.82) is 0 Å². The molecule has 1 aromatic heterocycles. The van der Waals surface area contributed by atoms with E-state index < -0.39 is 0 Å². The molecule has 3 heterocycles. The van der Waals surface area contributed by atoms with Crippen LogP contribution in [0.1, 0.15) is 57.8 Å². The molecule has 2 saturated heterocycles. The molecule has 36 heavy (non-hydrogen) atoms. The molecular weight excluding hydrogens is 460 g/mol. The number of aromatic nitrogens is 1. The van der Waals surface area contributed by atoms with Crippen LogP contribution < -0.4 is 9.47 Å². The van der Waals surface area contributed by atoms with Crippen LogP contribution in [0.25, 0.3) is 0 Å². The highest BCUT2D eigenvalue weighted by atomic mass is 16.5. The summed E-state index contributed by atoms with van der Waals surface area (Å²) < 4.78 is 10.6. The molecule has 0 bridgehead atoms. The first kappa shape index (κ1) is 25.5. The first-order valence-corrected chi connectivity index (χ1v) is 12.4. The molecule has 192 valence electrons. The number of carbonyl (C=O) groups is 3. The van der Waals surface area contributed by atoms with Crippen LogP contribution in [0, 0.1) is 6.92 Å². The summed E-state index contributed by atoms with van der Waals surface area (Å²) in [6.45, 7) is 6.76. The van der Waals surface area contributed by atoms with Crippen LogP contribution >= 0.6 is 0 Å². The molecule has 2 aromatic rings. The Morgan fingerprint density at radius 3 is 1.92 bits per heavy atom. The van der Waals surface area contributed by atoms with Gasteiger partial charge in [-0.2, -0.15) is 0 Å². The third-order valence-electron chi connectivity index (χ3n) is 7.07. The summed E-state index contributed by atoms with van der Waals surface area (Å²) in [7, 11) is 3.12. The molecule has 0 N–H and O–H groups in total. The molecule has 3 amide bonds. The van der Waals surface area contributed by atoms with E-state index in [-0.39, 0.29) is 23.6 Å². The van der Waals surface area contributed by atoms with Crippen molar-refractivity contribution in [3.05, 3.63) is 52.8 Å². The summed E-state index contributed by atoms with van der Waals surface area (Å²) in [5.74, 6) is 1.16. The van der Waals surface area contributed by atoms with Gasteiger partial charge in [0.05, 0.1) is 25.5 Å². The van der Waals surface area contributed by atoms with Crippen LogP contribution in [0.15, 0.2) is 30.3 Å². The zero-order valence-electron chi connectivity index (χ0n) is 21.5. The van der Waals surface area contributed by atoms with Gasteiger partial charge in [0.1, 0.15) is 11.5 Å². The summed E-state index contributed by atoms with van der Waals surface area (Å²) in [5, 5.41) is 0. The Morgan fingerprint density at radius 2 is 1.36 bits per heavy atom. The second-order valence-electron chi connectivity index (χ2n) is 9.35. The van der Waals surface area contributed by atoms with E-state index >= 15 is 0 Å². The predicted octanol–water partition coefficient (Wildman–Crippen LogP) is 2.73. The molecule has 0 spiro atoms. The summed E-state index contributed by atoms with van der Waals surface area (Å²) in [5.41, 5.74) is 2.83. The van der Waals surface area contributed by atoms with E-state index in [1.165, 1.54) is 0 Å². The minimum Gasteiger partial charge on any atom is -0.497 e. The molecule has 2 aliphatic heterocycles. The van der Waals surface area contributed by atoms with Gasteiger partial charge in [0, 0.05) is 69.4 Å². The van der Waals surface area contributed by atoms with Crippen molar-refractivity contribution >= 4 is 17.7 Å². The van der Waals surface area contributed by atoms with Crippen LogP contribution in [0.4, 0.5) is 0 Å². The number of hydrogen-bond acceptors (Lipinski definition) is 6. The van der Waals surface area contributed by atoms with Crippen LogP contribution in [-0.4, -0.2) is 90.9 Å². The topological polar surface area (TPSA) is 92.3 Å². The fraction of sp³-hybridized carbons (Fsp3) is 0.481. The molecule has 2 fully saturated rings. The van der Waals surface area contributed by atoms with E-state index in [1.807, 2.05) is 28.9 Å². The van der Waals surface area contributed by atoms with Gasteiger partial charge in [-0.15, -0.1) is 0 Å². The molecule has 9 heteroatoms. The van der Waals surface area contributed by atoms with E-state index in [4.69, 9.17) is 14.5 Å². The number of likely N-dealkylation sites (tertiary alicyclic amines) is 1. The maximum absolute atomic E-state index is 13.4. The molecule has 1 aromatic carbocycles. The van der Waals surface area contributed by atoms with Crippen molar-refractivity contribution in [1.82, 2.24) is 19.7 Å². The van der Waals surface area contributed by atoms with Crippen molar-refractivity contribution in [3.63, 3.8) is 0 Å². The third-order valence-corrected chi connectivity index (χ3v) is 7.07. The monoisotopic (exact) mass is 494 g/mol. The maximum Gasteiger partial charge on any atom is 0.255 e. The lowest BCUT2D eigenvalue weighted by Crippen LogP contribution is -2.50. The van der Waals surface area contributed by atoms with Crippen molar-refractivity contribution in [3.8, 4) is 11.5 Å². The zero-order valence-corrected chi connectivity index (χ0v) is 21.5. The Labute approximate surface area is 212 Å². The Hall–Kier alpha value is -3.62. The fourth-order valence-electron chi connectivity index (χ4n) is 4.93. The number of hydrogen-bond donors (Lipinski definition) is 0. The molecule has 0 saturated carbocycles.